The summed E-state index contributed by atoms with van der Waals surface area (Å²) in [7, 11) is 0. The second kappa shape index (κ2) is 5.33. The maximum absolute atomic E-state index is 11.2. The summed E-state index contributed by atoms with van der Waals surface area (Å²) in [5.41, 5.74) is -0.254. The van der Waals surface area contributed by atoms with E-state index in [2.05, 4.69) is 4.98 Å². The smallest absolute Gasteiger partial charge is 0.323 e. The van der Waals surface area contributed by atoms with Crippen LogP contribution in [0.5, 0.6) is 10.8 Å². The van der Waals surface area contributed by atoms with Crippen LogP contribution in [0, 0.1) is 10.1 Å². The predicted molar refractivity (Wildman–Crippen MR) is 70.3 cm³/mol. The molecule has 98 valence electrons. The number of ether oxygens (including phenoxy) is 1. The van der Waals surface area contributed by atoms with Crippen molar-refractivity contribution in [3.8, 4) is 10.8 Å². The molecule has 6 nitrogen and oxygen atoms in total. The fourth-order valence-corrected chi connectivity index (χ4v) is 2.35. The first kappa shape index (κ1) is 13.4. The third kappa shape index (κ3) is 3.07. The van der Waals surface area contributed by atoms with Crippen molar-refractivity contribution in [2.45, 2.75) is 6.92 Å². The van der Waals surface area contributed by atoms with Gasteiger partial charge >= 0.3 is 5.69 Å². The number of nitrogens with zero attached hydrogens (tertiary/aromatic N) is 2. The number of nitro groups is 1. The number of carbonyl (C=O) groups excluding carboxylic acids is 1. The molecule has 0 aliphatic carbocycles. The van der Waals surface area contributed by atoms with Gasteiger partial charge in [0.2, 0.25) is 0 Å². The highest BCUT2D eigenvalue weighted by Crippen LogP contribution is 2.40. The molecule has 0 aromatic carbocycles. The average Bonchev–Trinajstić information content (AvgIpc) is 2.73. The van der Waals surface area contributed by atoms with Crippen molar-refractivity contribution >= 4 is 34.4 Å². The molecule has 8 heteroatoms. The van der Waals surface area contributed by atoms with Crippen LogP contribution in [0.3, 0.4) is 0 Å². The number of thiophene rings is 1. The van der Waals surface area contributed by atoms with Crippen LogP contribution >= 0.6 is 22.9 Å². The minimum absolute atomic E-state index is 0.0271. The quantitative estimate of drug-likeness (QED) is 0.488. The zero-order valence-electron chi connectivity index (χ0n) is 9.62. The van der Waals surface area contributed by atoms with Gasteiger partial charge in [0.25, 0.3) is 5.06 Å². The lowest BCUT2D eigenvalue weighted by atomic mass is 10.3. The van der Waals surface area contributed by atoms with E-state index in [1.54, 1.807) is 0 Å². The molecule has 0 atom stereocenters. The normalized spacial score (nSPS) is 10.2. The number of pyridine rings is 1. The molecule has 0 fully saturated rings. The van der Waals surface area contributed by atoms with Crippen LogP contribution in [0.4, 0.5) is 5.69 Å². The van der Waals surface area contributed by atoms with Crippen molar-refractivity contribution in [1.82, 2.24) is 4.98 Å². The van der Waals surface area contributed by atoms with Crippen molar-refractivity contribution < 1.29 is 14.5 Å². The van der Waals surface area contributed by atoms with E-state index in [1.165, 1.54) is 31.5 Å². The Morgan fingerprint density at radius 3 is 2.79 bits per heavy atom. The summed E-state index contributed by atoms with van der Waals surface area (Å²) in [6, 6.07) is 2.67. The summed E-state index contributed by atoms with van der Waals surface area (Å²) in [6.07, 6.45) is 2.79. The van der Waals surface area contributed by atoms with Crippen molar-refractivity contribution in [2.75, 3.05) is 0 Å². The minimum atomic E-state index is -0.601. The fraction of sp³-hybridized carbons (Fsp3) is 0.0909. The van der Waals surface area contributed by atoms with Crippen molar-refractivity contribution in [3.63, 3.8) is 0 Å². The number of hydrogen-bond acceptors (Lipinski definition) is 6. The third-order valence-electron chi connectivity index (χ3n) is 2.11. The molecule has 2 aromatic heterocycles. The predicted octanol–water partition coefficient (Wildman–Crippen LogP) is 3.70. The van der Waals surface area contributed by atoms with Gasteiger partial charge in [0.1, 0.15) is 5.75 Å². The van der Waals surface area contributed by atoms with Crippen molar-refractivity contribution in [3.05, 3.63) is 44.5 Å². The van der Waals surface area contributed by atoms with Gasteiger partial charge in [0.15, 0.2) is 5.78 Å². The second-order valence-corrected chi connectivity index (χ2v) is 4.99. The second-order valence-electron chi connectivity index (χ2n) is 3.54. The highest BCUT2D eigenvalue weighted by Gasteiger charge is 2.23. The number of aromatic nitrogens is 1. The van der Waals surface area contributed by atoms with E-state index in [1.807, 2.05) is 0 Å². The number of carbonyl (C=O) groups is 1. The molecule has 2 heterocycles. The Balaban J connectivity index is 2.38. The van der Waals surface area contributed by atoms with Gasteiger partial charge in [-0.25, -0.2) is 0 Å². The van der Waals surface area contributed by atoms with Crippen LogP contribution in [-0.2, 0) is 0 Å². The molecule has 0 aliphatic heterocycles. The Kier molecular flexibility index (Phi) is 3.77. The SMILES string of the molecule is CC(=O)c1cc([N+](=O)[O-])c(Oc2cncc(Cl)c2)s1. The van der Waals surface area contributed by atoms with Gasteiger partial charge in [-0.1, -0.05) is 22.9 Å². The standard InChI is InChI=1S/C11H7ClN2O4S/c1-6(15)10-3-9(14(16)17)11(19-10)18-8-2-7(12)4-13-5-8/h2-5H,1H3. The maximum Gasteiger partial charge on any atom is 0.323 e. The Hall–Kier alpha value is -1.99. The first-order valence-electron chi connectivity index (χ1n) is 5.05. The highest BCUT2D eigenvalue weighted by atomic mass is 35.5. The molecular formula is C11H7ClN2O4S. The summed E-state index contributed by atoms with van der Waals surface area (Å²) in [5.74, 6) is 0.0136. The molecule has 2 rings (SSSR count). The molecule has 0 bridgehead atoms. The highest BCUT2D eigenvalue weighted by molar-refractivity contribution is 7.16. The number of hydrogen-bond donors (Lipinski definition) is 0. The van der Waals surface area contributed by atoms with Crippen LogP contribution in [0.25, 0.3) is 0 Å². The molecule has 19 heavy (non-hydrogen) atoms. The van der Waals surface area contributed by atoms with E-state index in [4.69, 9.17) is 16.3 Å². The molecule has 0 amide bonds. The summed E-state index contributed by atoms with van der Waals surface area (Å²) in [5, 5.41) is 11.3. The number of halogens is 1. The number of rotatable bonds is 4. The molecular weight excluding hydrogens is 292 g/mol. The molecule has 0 saturated heterocycles. The van der Waals surface area contributed by atoms with Crippen LogP contribution in [0.1, 0.15) is 16.6 Å². The van der Waals surface area contributed by atoms with Crippen LogP contribution < -0.4 is 4.74 Å². The monoisotopic (exact) mass is 298 g/mol. The topological polar surface area (TPSA) is 82.3 Å². The van der Waals surface area contributed by atoms with E-state index in [0.29, 0.717) is 5.02 Å². The molecule has 0 saturated carbocycles. The van der Waals surface area contributed by atoms with E-state index in [0.717, 1.165) is 11.3 Å². The largest absolute Gasteiger partial charge is 0.438 e. The van der Waals surface area contributed by atoms with Gasteiger partial charge in [0.05, 0.1) is 21.0 Å². The fourth-order valence-electron chi connectivity index (χ4n) is 1.29. The van der Waals surface area contributed by atoms with Gasteiger partial charge in [-0.05, 0) is 6.92 Å². The Labute approximate surface area is 116 Å². The zero-order chi connectivity index (χ0) is 14.0. The molecule has 0 unspecified atom stereocenters. The van der Waals surface area contributed by atoms with Gasteiger partial charge in [0, 0.05) is 18.3 Å². The third-order valence-corrected chi connectivity index (χ3v) is 3.42. The number of ketones is 1. The summed E-state index contributed by atoms with van der Waals surface area (Å²) in [4.78, 5) is 25.6. The summed E-state index contributed by atoms with van der Waals surface area (Å²) < 4.78 is 5.36. The Morgan fingerprint density at radius 1 is 1.47 bits per heavy atom. The van der Waals surface area contributed by atoms with Crippen molar-refractivity contribution in [2.24, 2.45) is 0 Å². The average molecular weight is 299 g/mol. The first-order chi connectivity index (χ1) is 8.97. The van der Waals surface area contributed by atoms with Gasteiger partial charge in [-0.2, -0.15) is 0 Å². The molecule has 2 aromatic rings. The number of Topliss-reactive ketones (excluding diaryl/α,β-unsaturated/α-hetero) is 1. The lowest BCUT2D eigenvalue weighted by Gasteiger charge is -2.01. The lowest BCUT2D eigenvalue weighted by molar-refractivity contribution is -0.385. The molecule has 0 aliphatic rings. The van der Waals surface area contributed by atoms with E-state index in [-0.39, 0.29) is 27.2 Å². The zero-order valence-corrected chi connectivity index (χ0v) is 11.2. The first-order valence-corrected chi connectivity index (χ1v) is 6.24. The van der Waals surface area contributed by atoms with Crippen LogP contribution in [0.2, 0.25) is 5.02 Å². The van der Waals surface area contributed by atoms with Gasteiger partial charge < -0.3 is 4.74 Å². The Bertz CT molecular complexity index is 656. The summed E-state index contributed by atoms with van der Waals surface area (Å²) in [6.45, 7) is 1.33. The molecule has 0 radical (unpaired) electrons. The minimum Gasteiger partial charge on any atom is -0.438 e. The van der Waals surface area contributed by atoms with Gasteiger partial charge in [-0.3, -0.25) is 19.9 Å². The van der Waals surface area contributed by atoms with Crippen LogP contribution in [0.15, 0.2) is 24.5 Å². The molecule has 0 spiro atoms. The summed E-state index contributed by atoms with van der Waals surface area (Å²) >= 11 is 6.65. The van der Waals surface area contributed by atoms with E-state index in [9.17, 15) is 14.9 Å². The lowest BCUT2D eigenvalue weighted by Crippen LogP contribution is -1.90. The molecule has 0 N–H and O–H groups in total. The Morgan fingerprint density at radius 2 is 2.21 bits per heavy atom. The maximum atomic E-state index is 11.2. The van der Waals surface area contributed by atoms with E-state index >= 15 is 0 Å². The van der Waals surface area contributed by atoms with Crippen LogP contribution in [-0.4, -0.2) is 15.7 Å². The van der Waals surface area contributed by atoms with Gasteiger partial charge in [-0.15, -0.1) is 0 Å². The van der Waals surface area contributed by atoms with E-state index < -0.39 is 4.92 Å². The van der Waals surface area contributed by atoms with Crippen molar-refractivity contribution in [1.29, 1.82) is 0 Å².